The summed E-state index contributed by atoms with van der Waals surface area (Å²) in [6, 6.07) is 9.79. The lowest BCUT2D eigenvalue weighted by Crippen LogP contribution is -2.38. The smallest absolute Gasteiger partial charge is 0.240 e. The number of likely N-dealkylation sites (tertiary alicyclic amines) is 1. The molecule has 1 amide bonds. The first-order valence-electron chi connectivity index (χ1n) is 7.08. The molecule has 2 aromatic rings. The van der Waals surface area contributed by atoms with E-state index in [0.717, 1.165) is 31.5 Å². The van der Waals surface area contributed by atoms with Gasteiger partial charge in [0.05, 0.1) is 0 Å². The van der Waals surface area contributed by atoms with Crippen molar-refractivity contribution in [1.82, 2.24) is 25.5 Å². The molecule has 110 valence electrons. The molecule has 1 saturated heterocycles. The van der Waals surface area contributed by atoms with E-state index in [1.54, 1.807) is 0 Å². The average molecular weight is 303 g/mol. The Hall–Kier alpha value is -1.89. The number of hydrogen-bond donors (Lipinski definition) is 1. The standard InChI is InChI=1S/C14H17N5OS/c20-13(19-9-5-2-6-10-19)12(11-7-3-1-4-8-11)21-14-15-17-18-16-14/h1,3-4,7-8,12H,2,5-6,9-10H2,(H,15,16,17,18). The Morgan fingerprint density at radius 3 is 2.62 bits per heavy atom. The van der Waals surface area contributed by atoms with Crippen LogP contribution in [0, 0.1) is 0 Å². The van der Waals surface area contributed by atoms with Gasteiger partial charge in [0.1, 0.15) is 5.25 Å². The van der Waals surface area contributed by atoms with Gasteiger partial charge in [-0.25, -0.2) is 0 Å². The Morgan fingerprint density at radius 2 is 1.95 bits per heavy atom. The summed E-state index contributed by atoms with van der Waals surface area (Å²) in [6.45, 7) is 1.68. The van der Waals surface area contributed by atoms with Crippen molar-refractivity contribution in [2.75, 3.05) is 13.1 Å². The molecule has 3 rings (SSSR count). The number of nitrogens with one attached hydrogen (secondary N) is 1. The molecule has 1 N–H and O–H groups in total. The Balaban J connectivity index is 1.82. The largest absolute Gasteiger partial charge is 0.341 e. The number of thioether (sulfide) groups is 1. The fourth-order valence-corrected chi connectivity index (χ4v) is 3.41. The molecule has 1 fully saturated rings. The van der Waals surface area contributed by atoms with Crippen molar-refractivity contribution in [3.05, 3.63) is 35.9 Å². The number of H-pyrrole nitrogens is 1. The van der Waals surface area contributed by atoms with Crippen LogP contribution in [0.25, 0.3) is 0 Å². The number of aromatic nitrogens is 4. The van der Waals surface area contributed by atoms with E-state index in [-0.39, 0.29) is 11.2 Å². The second-order valence-corrected chi connectivity index (χ2v) is 6.06. The molecule has 0 radical (unpaired) electrons. The van der Waals surface area contributed by atoms with Gasteiger partial charge in [0.2, 0.25) is 11.1 Å². The van der Waals surface area contributed by atoms with E-state index in [2.05, 4.69) is 20.6 Å². The number of hydrogen-bond acceptors (Lipinski definition) is 5. The minimum absolute atomic E-state index is 0.135. The van der Waals surface area contributed by atoms with Crippen LogP contribution in [0.2, 0.25) is 0 Å². The summed E-state index contributed by atoms with van der Waals surface area (Å²) in [4.78, 5) is 14.8. The van der Waals surface area contributed by atoms with Crippen molar-refractivity contribution in [1.29, 1.82) is 0 Å². The number of carbonyl (C=O) groups is 1. The van der Waals surface area contributed by atoms with E-state index >= 15 is 0 Å². The molecule has 1 aromatic heterocycles. The Labute approximate surface area is 127 Å². The molecule has 0 spiro atoms. The van der Waals surface area contributed by atoms with Gasteiger partial charge in [-0.3, -0.25) is 4.79 Å². The minimum Gasteiger partial charge on any atom is -0.341 e. The Morgan fingerprint density at radius 1 is 1.19 bits per heavy atom. The maximum Gasteiger partial charge on any atom is 0.240 e. The Kier molecular flexibility index (Phi) is 4.49. The van der Waals surface area contributed by atoms with Crippen LogP contribution in [-0.2, 0) is 4.79 Å². The van der Waals surface area contributed by atoms with Crippen LogP contribution in [0.5, 0.6) is 0 Å². The van der Waals surface area contributed by atoms with E-state index in [9.17, 15) is 4.79 Å². The molecule has 1 unspecified atom stereocenters. The quantitative estimate of drug-likeness (QED) is 0.875. The first-order chi connectivity index (χ1) is 10.3. The summed E-state index contributed by atoms with van der Waals surface area (Å²) in [5.41, 5.74) is 0.975. The van der Waals surface area contributed by atoms with Gasteiger partial charge in [-0.1, -0.05) is 42.1 Å². The van der Waals surface area contributed by atoms with E-state index < -0.39 is 0 Å². The van der Waals surface area contributed by atoms with Crippen molar-refractivity contribution < 1.29 is 4.79 Å². The molecule has 21 heavy (non-hydrogen) atoms. The van der Waals surface area contributed by atoms with Crippen molar-refractivity contribution in [3.8, 4) is 0 Å². The maximum absolute atomic E-state index is 12.8. The lowest BCUT2D eigenvalue weighted by Gasteiger charge is -2.30. The number of amides is 1. The molecule has 0 saturated carbocycles. The summed E-state index contributed by atoms with van der Waals surface area (Å²) >= 11 is 1.34. The highest BCUT2D eigenvalue weighted by Crippen LogP contribution is 2.35. The number of rotatable bonds is 4. The Bertz CT molecular complexity index is 568. The van der Waals surface area contributed by atoms with Crippen LogP contribution in [0.3, 0.4) is 0 Å². The molecule has 0 aliphatic carbocycles. The number of nitrogens with zero attached hydrogens (tertiary/aromatic N) is 4. The van der Waals surface area contributed by atoms with Crippen LogP contribution in [0.4, 0.5) is 0 Å². The third-order valence-corrected chi connectivity index (χ3v) is 4.64. The van der Waals surface area contributed by atoms with Crippen LogP contribution in [-0.4, -0.2) is 44.5 Å². The van der Waals surface area contributed by atoms with Gasteiger partial charge in [0.15, 0.2) is 0 Å². The van der Waals surface area contributed by atoms with Gasteiger partial charge in [0.25, 0.3) is 0 Å². The van der Waals surface area contributed by atoms with Crippen molar-refractivity contribution in [2.24, 2.45) is 0 Å². The van der Waals surface area contributed by atoms with Crippen molar-refractivity contribution in [2.45, 2.75) is 29.7 Å². The minimum atomic E-state index is -0.318. The zero-order chi connectivity index (χ0) is 14.5. The topological polar surface area (TPSA) is 74.8 Å². The van der Waals surface area contributed by atoms with E-state index in [1.807, 2.05) is 35.2 Å². The zero-order valence-electron chi connectivity index (χ0n) is 11.6. The van der Waals surface area contributed by atoms with Crippen molar-refractivity contribution >= 4 is 17.7 Å². The highest BCUT2D eigenvalue weighted by Gasteiger charge is 2.29. The molecular weight excluding hydrogens is 286 g/mol. The summed E-state index contributed by atoms with van der Waals surface area (Å²) in [7, 11) is 0. The average Bonchev–Trinajstić information content (AvgIpc) is 3.07. The third kappa shape index (κ3) is 3.41. The normalized spacial score (nSPS) is 16.7. The fraction of sp³-hybridized carbons (Fsp3) is 0.429. The second-order valence-electron chi connectivity index (χ2n) is 4.99. The van der Waals surface area contributed by atoms with E-state index in [1.165, 1.54) is 18.2 Å². The second kappa shape index (κ2) is 6.71. The lowest BCUT2D eigenvalue weighted by atomic mass is 10.1. The van der Waals surface area contributed by atoms with E-state index in [0.29, 0.717) is 5.16 Å². The highest BCUT2D eigenvalue weighted by molar-refractivity contribution is 8.00. The van der Waals surface area contributed by atoms with Crippen LogP contribution < -0.4 is 0 Å². The molecule has 7 heteroatoms. The van der Waals surface area contributed by atoms with Crippen molar-refractivity contribution in [3.63, 3.8) is 0 Å². The van der Waals surface area contributed by atoms with Gasteiger partial charge in [-0.2, -0.15) is 5.21 Å². The maximum atomic E-state index is 12.8. The summed E-state index contributed by atoms with van der Waals surface area (Å²) < 4.78 is 0. The van der Waals surface area contributed by atoms with Crippen LogP contribution in [0.15, 0.2) is 35.5 Å². The van der Waals surface area contributed by atoms with Gasteiger partial charge in [-0.15, -0.1) is 10.2 Å². The number of aromatic amines is 1. The number of piperidine rings is 1. The molecule has 1 aromatic carbocycles. The third-order valence-electron chi connectivity index (χ3n) is 3.54. The zero-order valence-corrected chi connectivity index (χ0v) is 12.4. The summed E-state index contributed by atoms with van der Waals surface area (Å²) in [5.74, 6) is 0.135. The molecule has 6 nitrogen and oxygen atoms in total. The van der Waals surface area contributed by atoms with Gasteiger partial charge in [-0.05, 0) is 30.0 Å². The number of benzene rings is 1. The lowest BCUT2D eigenvalue weighted by molar-refractivity contribution is -0.131. The first-order valence-corrected chi connectivity index (χ1v) is 7.96. The summed E-state index contributed by atoms with van der Waals surface area (Å²) in [5, 5.41) is 14.1. The van der Waals surface area contributed by atoms with Crippen LogP contribution >= 0.6 is 11.8 Å². The van der Waals surface area contributed by atoms with Gasteiger partial charge in [0, 0.05) is 13.1 Å². The molecular formula is C14H17N5OS. The molecule has 1 aliphatic heterocycles. The molecule has 0 bridgehead atoms. The number of carbonyl (C=O) groups excluding carboxylic acids is 1. The van der Waals surface area contributed by atoms with E-state index in [4.69, 9.17) is 0 Å². The summed E-state index contributed by atoms with van der Waals surface area (Å²) in [6.07, 6.45) is 3.37. The molecule has 1 aliphatic rings. The van der Waals surface area contributed by atoms with Crippen LogP contribution in [0.1, 0.15) is 30.1 Å². The van der Waals surface area contributed by atoms with Gasteiger partial charge >= 0.3 is 0 Å². The first kappa shape index (κ1) is 14.1. The highest BCUT2D eigenvalue weighted by atomic mass is 32.2. The molecule has 1 atom stereocenters. The predicted molar refractivity (Wildman–Crippen MR) is 79.6 cm³/mol. The fourth-order valence-electron chi connectivity index (χ4n) is 2.48. The monoisotopic (exact) mass is 303 g/mol. The number of tetrazole rings is 1. The predicted octanol–water partition coefficient (Wildman–Crippen LogP) is 2.05. The molecule has 2 heterocycles. The SMILES string of the molecule is O=C(C(Sc1nn[nH]n1)c1ccccc1)N1CCCCC1. The van der Waals surface area contributed by atoms with Gasteiger partial charge < -0.3 is 4.90 Å².